The van der Waals surface area contributed by atoms with Crippen LogP contribution in [0.15, 0.2) is 18.5 Å². The van der Waals surface area contributed by atoms with E-state index in [-0.39, 0.29) is 0 Å². The van der Waals surface area contributed by atoms with Crippen molar-refractivity contribution in [2.24, 2.45) is 0 Å². The number of ether oxygens (including phenoxy) is 3. The summed E-state index contributed by atoms with van der Waals surface area (Å²) in [5, 5.41) is 14.0. The molecule has 9 nitrogen and oxygen atoms in total. The van der Waals surface area contributed by atoms with Crippen LogP contribution in [0.25, 0.3) is 10.4 Å². The number of hydrogen-bond acceptors (Lipinski definition) is 7. The second-order valence-corrected chi connectivity index (χ2v) is 6.39. The van der Waals surface area contributed by atoms with E-state index in [1.165, 1.54) is 6.33 Å². The van der Waals surface area contributed by atoms with Gasteiger partial charge in [-0.25, -0.2) is 9.50 Å². The highest BCUT2D eigenvalue weighted by Gasteiger charge is 2.70. The van der Waals surface area contributed by atoms with Crippen LogP contribution in [0, 0.1) is 6.57 Å². The van der Waals surface area contributed by atoms with Crippen LogP contribution >= 0.6 is 0 Å². The molecule has 4 heterocycles. The van der Waals surface area contributed by atoms with Crippen LogP contribution in [-0.4, -0.2) is 50.0 Å². The van der Waals surface area contributed by atoms with Gasteiger partial charge in [-0.2, -0.15) is 5.10 Å². The fourth-order valence-electron chi connectivity index (χ4n) is 3.40. The van der Waals surface area contributed by atoms with Gasteiger partial charge in [-0.15, -0.1) is 0 Å². The van der Waals surface area contributed by atoms with Crippen molar-refractivity contribution < 1.29 is 19.3 Å². The number of nitrogen functional groups attached to an aromatic ring is 1. The molecule has 3 N–H and O–H groups in total. The lowest BCUT2D eigenvalue weighted by Crippen LogP contribution is -2.43. The Balaban J connectivity index is 1.83. The highest BCUT2D eigenvalue weighted by Crippen LogP contribution is 2.50. The fourth-order valence-corrected chi connectivity index (χ4v) is 3.40. The summed E-state index contributed by atoms with van der Waals surface area (Å²) >= 11 is 0. The van der Waals surface area contributed by atoms with E-state index in [9.17, 15) is 5.11 Å². The molecule has 0 aromatic carbocycles. The highest BCUT2D eigenvalue weighted by atomic mass is 16.8. The van der Waals surface area contributed by atoms with Gasteiger partial charge in [0.05, 0.1) is 5.69 Å². The van der Waals surface area contributed by atoms with Crippen molar-refractivity contribution in [1.82, 2.24) is 14.6 Å². The number of nitrogens with two attached hydrogens (primary N) is 1. The summed E-state index contributed by atoms with van der Waals surface area (Å²) in [4.78, 5) is 7.73. The van der Waals surface area contributed by atoms with Crippen LogP contribution < -0.4 is 5.73 Å². The highest BCUT2D eigenvalue weighted by molar-refractivity contribution is 5.65. The lowest BCUT2D eigenvalue weighted by Gasteiger charge is -2.23. The maximum atomic E-state index is 9.82. The molecule has 4 rings (SSSR count). The molecule has 0 radical (unpaired) electrons. The van der Waals surface area contributed by atoms with E-state index in [0.717, 1.165) is 0 Å². The van der Waals surface area contributed by atoms with Crippen molar-refractivity contribution in [3.63, 3.8) is 0 Å². The number of nitrogens with zero attached hydrogens (tertiary/aromatic N) is 4. The summed E-state index contributed by atoms with van der Waals surface area (Å²) in [5.41, 5.74) is 5.82. The Labute approximate surface area is 137 Å². The summed E-state index contributed by atoms with van der Waals surface area (Å²) in [5.74, 6) is -0.490. The van der Waals surface area contributed by atoms with E-state index in [2.05, 4.69) is 14.9 Å². The number of fused-ring (bicyclic) bond motifs is 2. The fraction of sp³-hybridized carbons (Fsp3) is 0.533. The summed E-state index contributed by atoms with van der Waals surface area (Å²) in [6, 6.07) is 3.61. The second-order valence-electron chi connectivity index (χ2n) is 6.39. The lowest BCUT2D eigenvalue weighted by molar-refractivity contribution is -0.207. The standard InChI is InChI=1S/C15H18N5O4/c1-14(2)22-11-10(23-15(6-21,17-3)12(11)24-14)8-4-5-9-13(16)18-7-19-20(8)9/h3-5,7,10-12,21H,6H2,1-2H3,(H2,16,18,19)/q+1/t10-,11-,12-,15+/m0/s1. The van der Waals surface area contributed by atoms with E-state index < -0.39 is 36.4 Å². The maximum Gasteiger partial charge on any atom is 0.437 e. The molecule has 0 saturated carbocycles. The van der Waals surface area contributed by atoms with E-state index in [1.807, 2.05) is 6.07 Å². The third-order valence-corrected chi connectivity index (χ3v) is 4.45. The summed E-state index contributed by atoms with van der Waals surface area (Å²) in [7, 11) is 0. The summed E-state index contributed by atoms with van der Waals surface area (Å²) in [6.45, 7) is 8.68. The van der Waals surface area contributed by atoms with Gasteiger partial charge in [0, 0.05) is 0 Å². The molecule has 2 saturated heterocycles. The Hall–Kier alpha value is -2.25. The number of anilines is 1. The van der Waals surface area contributed by atoms with Crippen molar-refractivity contribution in [3.05, 3.63) is 29.0 Å². The summed E-state index contributed by atoms with van der Waals surface area (Å²) < 4.78 is 19.5. The number of aromatic nitrogens is 3. The van der Waals surface area contributed by atoms with Crippen molar-refractivity contribution >= 4 is 11.3 Å². The van der Waals surface area contributed by atoms with Crippen molar-refractivity contribution in [1.29, 1.82) is 0 Å². The molecular formula is C15H18N5O4+. The summed E-state index contributed by atoms with van der Waals surface area (Å²) in [6.07, 6.45) is -0.375. The molecular weight excluding hydrogens is 314 g/mol. The molecule has 2 aromatic heterocycles. The molecule has 4 atom stereocenters. The van der Waals surface area contributed by atoms with Gasteiger partial charge in [-0.1, -0.05) is 0 Å². The number of aliphatic hydroxyl groups is 1. The van der Waals surface area contributed by atoms with Gasteiger partial charge >= 0.3 is 5.72 Å². The minimum absolute atomic E-state index is 0.353. The van der Waals surface area contributed by atoms with Gasteiger partial charge in [-0.3, -0.25) is 4.74 Å². The number of aliphatic hydroxyl groups excluding tert-OH is 1. The third-order valence-electron chi connectivity index (χ3n) is 4.45. The molecule has 0 amide bonds. The Kier molecular flexibility index (Phi) is 3.10. The number of hydrogen-bond donors (Lipinski definition) is 2. The first-order valence-corrected chi connectivity index (χ1v) is 7.55. The largest absolute Gasteiger partial charge is 0.437 e. The van der Waals surface area contributed by atoms with Gasteiger partial charge in [-0.05, 0) is 30.8 Å². The van der Waals surface area contributed by atoms with Crippen molar-refractivity contribution in [2.45, 2.75) is 43.7 Å². The predicted molar refractivity (Wildman–Crippen MR) is 83.2 cm³/mol. The Morgan fingerprint density at radius 2 is 2.17 bits per heavy atom. The molecule has 2 aliphatic rings. The lowest BCUT2D eigenvalue weighted by atomic mass is 10.0. The zero-order valence-corrected chi connectivity index (χ0v) is 13.3. The molecule has 2 fully saturated rings. The first-order valence-electron chi connectivity index (χ1n) is 7.55. The molecule has 126 valence electrons. The SMILES string of the molecule is C#[N+][C@]1(CO)O[C@@H](c2ccc3c(N)ncnn23)[C@@H]2OC(C)(C)O[C@@H]21. The van der Waals surface area contributed by atoms with Gasteiger partial charge in [0.1, 0.15) is 24.1 Å². The molecule has 0 spiro atoms. The molecule has 24 heavy (non-hydrogen) atoms. The topological polar surface area (TPSA) is 108 Å². The van der Waals surface area contributed by atoms with Crippen molar-refractivity contribution in [2.75, 3.05) is 12.3 Å². The first kappa shape index (κ1) is 15.3. The smallest absolute Gasteiger partial charge is 0.385 e. The third kappa shape index (κ3) is 1.94. The maximum absolute atomic E-state index is 9.82. The van der Waals surface area contributed by atoms with E-state index in [4.69, 9.17) is 26.5 Å². The molecule has 0 unspecified atom stereocenters. The van der Waals surface area contributed by atoms with E-state index in [0.29, 0.717) is 17.0 Å². The second kappa shape index (κ2) is 4.87. The quantitative estimate of drug-likeness (QED) is 0.827. The van der Waals surface area contributed by atoms with Crippen LogP contribution in [0.5, 0.6) is 0 Å². The normalized spacial score (nSPS) is 34.3. The van der Waals surface area contributed by atoms with Gasteiger partial charge < -0.3 is 20.3 Å². The monoisotopic (exact) mass is 332 g/mol. The number of rotatable bonds is 2. The average Bonchev–Trinajstić information content (AvgIpc) is 3.18. The average molecular weight is 332 g/mol. The van der Waals surface area contributed by atoms with Crippen LogP contribution in [-0.2, 0) is 14.2 Å². The minimum atomic E-state index is -1.40. The minimum Gasteiger partial charge on any atom is -0.385 e. The van der Waals surface area contributed by atoms with Gasteiger partial charge in [0.2, 0.25) is 6.10 Å². The Morgan fingerprint density at radius 3 is 2.88 bits per heavy atom. The van der Waals surface area contributed by atoms with Gasteiger partial charge in [0.25, 0.3) is 6.57 Å². The first-order chi connectivity index (χ1) is 11.4. The van der Waals surface area contributed by atoms with Crippen LogP contribution in [0.4, 0.5) is 5.82 Å². The van der Waals surface area contributed by atoms with Crippen LogP contribution in [0.2, 0.25) is 0 Å². The Morgan fingerprint density at radius 1 is 1.38 bits per heavy atom. The van der Waals surface area contributed by atoms with E-state index in [1.54, 1.807) is 24.4 Å². The Bertz CT molecular complexity index is 844. The molecule has 2 aliphatic heterocycles. The molecule has 0 aliphatic carbocycles. The molecule has 2 aromatic rings. The van der Waals surface area contributed by atoms with E-state index >= 15 is 0 Å². The molecule has 9 heteroatoms. The molecule has 0 bridgehead atoms. The van der Waals surface area contributed by atoms with Crippen LogP contribution in [0.3, 0.4) is 0 Å². The zero-order chi connectivity index (χ0) is 17.1. The van der Waals surface area contributed by atoms with Gasteiger partial charge in [0.15, 0.2) is 18.2 Å². The van der Waals surface area contributed by atoms with Crippen LogP contribution in [0.1, 0.15) is 25.6 Å². The zero-order valence-electron chi connectivity index (χ0n) is 13.3. The van der Waals surface area contributed by atoms with Crippen molar-refractivity contribution in [3.8, 4) is 6.57 Å². The predicted octanol–water partition coefficient (Wildman–Crippen LogP) is 0.554.